The van der Waals surface area contributed by atoms with Crippen LogP contribution < -0.4 is 24.8 Å². The van der Waals surface area contributed by atoms with E-state index in [2.05, 4.69) is 10.6 Å². The van der Waals surface area contributed by atoms with Crippen molar-refractivity contribution in [3.05, 3.63) is 81.9 Å². The lowest BCUT2D eigenvalue weighted by atomic mass is 9.78. The zero-order valence-corrected chi connectivity index (χ0v) is 22.2. The third kappa shape index (κ3) is 4.04. The van der Waals surface area contributed by atoms with E-state index >= 15 is 0 Å². The fraction of sp³-hybridized carbons (Fsp3) is 0.286. The van der Waals surface area contributed by atoms with Gasteiger partial charge in [-0.1, -0.05) is 35.4 Å². The third-order valence-corrected chi connectivity index (χ3v) is 7.87. The standard InChI is InChI=1S/C28H26ClN3O4S/c1-15-4-7-20(16(2)10-15)30-26(33)24-25-19-12-18(29)6-9-21(19)36-28(24,3)32(27(37)31-25)13-17-5-8-22-23(11-17)35-14-34-22/h4-12,24-25H,13-14H2,1-3H3,(H,30,33)(H,31,37). The molecule has 0 saturated carbocycles. The van der Waals surface area contributed by atoms with Crippen molar-refractivity contribution < 1.29 is 19.0 Å². The van der Waals surface area contributed by atoms with Crippen LogP contribution in [0.1, 0.15) is 35.2 Å². The molecular weight excluding hydrogens is 510 g/mol. The first-order valence-corrected chi connectivity index (χ1v) is 12.8. The van der Waals surface area contributed by atoms with Crippen LogP contribution in [0.5, 0.6) is 17.2 Å². The average Bonchev–Trinajstić information content (AvgIpc) is 3.32. The van der Waals surface area contributed by atoms with Gasteiger partial charge >= 0.3 is 0 Å². The van der Waals surface area contributed by atoms with Crippen LogP contribution in [0.15, 0.2) is 54.6 Å². The zero-order valence-electron chi connectivity index (χ0n) is 20.6. The number of hydrogen-bond donors (Lipinski definition) is 2. The van der Waals surface area contributed by atoms with Gasteiger partial charge in [0.05, 0.1) is 6.04 Å². The number of nitrogens with one attached hydrogen (secondary N) is 2. The molecular formula is C28H26ClN3O4S. The number of ether oxygens (including phenoxy) is 3. The molecule has 3 aliphatic rings. The summed E-state index contributed by atoms with van der Waals surface area (Å²) in [6.45, 7) is 6.53. The summed E-state index contributed by atoms with van der Waals surface area (Å²) in [4.78, 5) is 15.9. The smallest absolute Gasteiger partial charge is 0.236 e. The lowest BCUT2D eigenvalue weighted by Gasteiger charge is -2.56. The fourth-order valence-electron chi connectivity index (χ4n) is 5.44. The van der Waals surface area contributed by atoms with Gasteiger partial charge in [-0.3, -0.25) is 4.79 Å². The molecule has 3 aliphatic heterocycles. The summed E-state index contributed by atoms with van der Waals surface area (Å²) >= 11 is 12.2. The minimum Gasteiger partial charge on any atom is -0.467 e. The van der Waals surface area contributed by atoms with Crippen LogP contribution >= 0.6 is 23.8 Å². The molecule has 2 N–H and O–H groups in total. The lowest BCUT2D eigenvalue weighted by molar-refractivity contribution is -0.150. The van der Waals surface area contributed by atoms with Gasteiger partial charge in [-0.05, 0) is 80.5 Å². The van der Waals surface area contributed by atoms with Gasteiger partial charge in [-0.2, -0.15) is 0 Å². The highest BCUT2D eigenvalue weighted by atomic mass is 35.5. The van der Waals surface area contributed by atoms with Crippen LogP contribution in [0.4, 0.5) is 5.69 Å². The molecule has 7 nitrogen and oxygen atoms in total. The number of thiocarbonyl (C=S) groups is 1. The number of benzene rings is 3. The summed E-state index contributed by atoms with van der Waals surface area (Å²) in [6, 6.07) is 16.8. The van der Waals surface area contributed by atoms with Gasteiger partial charge < -0.3 is 29.7 Å². The molecule has 0 aliphatic carbocycles. The van der Waals surface area contributed by atoms with Crippen LogP contribution in [0.3, 0.4) is 0 Å². The first-order chi connectivity index (χ1) is 17.7. The molecule has 6 rings (SSSR count). The van der Waals surface area contributed by atoms with Crippen molar-refractivity contribution in [2.75, 3.05) is 12.1 Å². The Morgan fingerprint density at radius 1 is 1.11 bits per heavy atom. The number of halogens is 1. The van der Waals surface area contributed by atoms with Crippen LogP contribution in [0, 0.1) is 19.8 Å². The molecule has 3 aromatic carbocycles. The van der Waals surface area contributed by atoms with E-state index < -0.39 is 17.7 Å². The predicted molar refractivity (Wildman–Crippen MR) is 145 cm³/mol. The normalized spacial score (nSPS) is 23.1. The Morgan fingerprint density at radius 3 is 2.70 bits per heavy atom. The van der Waals surface area contributed by atoms with Crippen molar-refractivity contribution in [2.45, 2.75) is 39.1 Å². The predicted octanol–water partition coefficient (Wildman–Crippen LogP) is 5.48. The quantitative estimate of drug-likeness (QED) is 0.429. The molecule has 0 radical (unpaired) electrons. The Hall–Kier alpha value is -3.49. The molecule has 3 unspecified atom stereocenters. The van der Waals surface area contributed by atoms with Crippen LogP contribution in [0.2, 0.25) is 5.02 Å². The number of carbonyl (C=O) groups is 1. The van der Waals surface area contributed by atoms with Crippen LogP contribution in [-0.2, 0) is 11.3 Å². The van der Waals surface area contributed by atoms with E-state index in [0.717, 1.165) is 27.9 Å². The Morgan fingerprint density at radius 2 is 1.89 bits per heavy atom. The van der Waals surface area contributed by atoms with E-state index in [4.69, 9.17) is 38.0 Å². The maximum atomic E-state index is 14.0. The summed E-state index contributed by atoms with van der Waals surface area (Å²) in [5.41, 5.74) is 3.56. The van der Waals surface area contributed by atoms with E-state index in [-0.39, 0.29) is 12.7 Å². The number of anilines is 1. The largest absolute Gasteiger partial charge is 0.467 e. The van der Waals surface area contributed by atoms with Crippen molar-refractivity contribution in [2.24, 2.45) is 5.92 Å². The lowest BCUT2D eigenvalue weighted by Crippen LogP contribution is -2.71. The van der Waals surface area contributed by atoms with Gasteiger partial charge in [-0.25, -0.2) is 0 Å². The van der Waals surface area contributed by atoms with E-state index in [0.29, 0.717) is 33.9 Å². The van der Waals surface area contributed by atoms with Gasteiger partial charge in [-0.15, -0.1) is 0 Å². The van der Waals surface area contributed by atoms with Crippen molar-refractivity contribution in [1.82, 2.24) is 10.2 Å². The van der Waals surface area contributed by atoms with Crippen LogP contribution in [0.25, 0.3) is 0 Å². The van der Waals surface area contributed by atoms with E-state index in [1.165, 1.54) is 0 Å². The van der Waals surface area contributed by atoms with E-state index in [1.54, 1.807) is 6.07 Å². The average molecular weight is 536 g/mol. The Balaban J connectivity index is 1.40. The molecule has 3 atom stereocenters. The third-order valence-electron chi connectivity index (χ3n) is 7.29. The molecule has 3 heterocycles. The maximum Gasteiger partial charge on any atom is 0.236 e. The number of carbonyl (C=O) groups excluding carboxylic acids is 1. The molecule has 1 amide bonds. The Kier molecular flexibility index (Phi) is 5.69. The molecule has 3 aromatic rings. The number of rotatable bonds is 4. The van der Waals surface area contributed by atoms with Gasteiger partial charge in [0.2, 0.25) is 12.7 Å². The minimum atomic E-state index is -1.08. The maximum absolute atomic E-state index is 14.0. The summed E-state index contributed by atoms with van der Waals surface area (Å²) < 4.78 is 17.7. The second-order valence-corrected chi connectivity index (χ2v) is 10.6. The van der Waals surface area contributed by atoms with Crippen molar-refractivity contribution in [1.29, 1.82) is 0 Å². The first-order valence-electron chi connectivity index (χ1n) is 12.1. The van der Waals surface area contributed by atoms with Gasteiger partial charge in [0.25, 0.3) is 0 Å². The second-order valence-electron chi connectivity index (χ2n) is 9.83. The fourth-order valence-corrected chi connectivity index (χ4v) is 5.99. The molecule has 190 valence electrons. The monoisotopic (exact) mass is 535 g/mol. The number of hydrogen-bond acceptors (Lipinski definition) is 5. The summed E-state index contributed by atoms with van der Waals surface area (Å²) in [7, 11) is 0. The topological polar surface area (TPSA) is 72.1 Å². The van der Waals surface area contributed by atoms with Gasteiger partial charge in [0.15, 0.2) is 22.3 Å². The second kappa shape index (κ2) is 8.82. The number of fused-ring (bicyclic) bond motifs is 5. The molecule has 1 saturated heterocycles. The molecule has 0 spiro atoms. The van der Waals surface area contributed by atoms with E-state index in [9.17, 15) is 4.79 Å². The SMILES string of the molecule is Cc1ccc(NC(=O)C2C3NC(=S)N(Cc4ccc5c(c4)OCO5)C2(C)Oc2ccc(Cl)cc23)c(C)c1. The zero-order chi connectivity index (χ0) is 25.9. The number of aryl methyl sites for hydroxylation is 2. The van der Waals surface area contributed by atoms with Crippen LogP contribution in [-0.4, -0.2) is 28.4 Å². The molecule has 1 fully saturated rings. The molecule has 0 aromatic heterocycles. The van der Waals surface area contributed by atoms with Gasteiger partial charge in [0, 0.05) is 22.8 Å². The minimum absolute atomic E-state index is 0.171. The summed E-state index contributed by atoms with van der Waals surface area (Å²) in [6.07, 6.45) is 0. The Bertz CT molecular complexity index is 1450. The highest BCUT2D eigenvalue weighted by Gasteiger charge is 2.58. The van der Waals surface area contributed by atoms with Crippen molar-refractivity contribution >= 4 is 40.5 Å². The Labute approximate surface area is 225 Å². The molecule has 37 heavy (non-hydrogen) atoms. The molecule has 2 bridgehead atoms. The number of nitrogens with zero attached hydrogens (tertiary/aromatic N) is 1. The highest BCUT2D eigenvalue weighted by Crippen LogP contribution is 2.50. The van der Waals surface area contributed by atoms with Crippen molar-refractivity contribution in [3.63, 3.8) is 0 Å². The highest BCUT2D eigenvalue weighted by molar-refractivity contribution is 7.80. The van der Waals surface area contributed by atoms with Crippen molar-refractivity contribution in [3.8, 4) is 17.2 Å². The first kappa shape index (κ1) is 23.9. The van der Waals surface area contributed by atoms with E-state index in [1.807, 2.05) is 74.2 Å². The number of amides is 1. The molecule has 9 heteroatoms. The summed E-state index contributed by atoms with van der Waals surface area (Å²) in [5.74, 6) is 1.25. The summed E-state index contributed by atoms with van der Waals surface area (Å²) in [5, 5.41) is 7.62. The van der Waals surface area contributed by atoms with Gasteiger partial charge in [0.1, 0.15) is 11.7 Å².